The zero-order valence-corrected chi connectivity index (χ0v) is 13.3. The van der Waals surface area contributed by atoms with Crippen molar-refractivity contribution in [3.8, 4) is 5.75 Å². The van der Waals surface area contributed by atoms with Crippen LogP contribution in [0.25, 0.3) is 0 Å². The molecule has 0 saturated heterocycles. The van der Waals surface area contributed by atoms with Gasteiger partial charge in [-0.25, -0.2) is 4.39 Å². The number of para-hydroxylation sites is 1. The molecule has 1 N–H and O–H groups in total. The van der Waals surface area contributed by atoms with Gasteiger partial charge in [-0.05, 0) is 58.8 Å². The van der Waals surface area contributed by atoms with Crippen molar-refractivity contribution >= 4 is 34.2 Å². The number of amides is 1. The highest BCUT2D eigenvalue weighted by Gasteiger charge is 2.26. The number of rotatable bonds is 2. The number of carbonyl (C=O) groups is 1. The summed E-state index contributed by atoms with van der Waals surface area (Å²) < 4.78 is 19.4. The SMILES string of the molecule is O=C(Nc1ccc(F)cc1I)C1COc2ccccc2C1. The molecule has 0 fully saturated rings. The molecule has 1 atom stereocenters. The third kappa shape index (κ3) is 3.18. The molecule has 1 unspecified atom stereocenters. The van der Waals surface area contributed by atoms with E-state index in [1.165, 1.54) is 12.1 Å². The van der Waals surface area contributed by atoms with Crippen molar-refractivity contribution in [2.75, 3.05) is 11.9 Å². The molecule has 0 aliphatic carbocycles. The van der Waals surface area contributed by atoms with E-state index in [-0.39, 0.29) is 17.6 Å². The third-order valence-electron chi connectivity index (χ3n) is 3.44. The molecule has 1 aliphatic rings. The monoisotopic (exact) mass is 397 g/mol. The van der Waals surface area contributed by atoms with Crippen LogP contribution in [-0.2, 0) is 11.2 Å². The van der Waals surface area contributed by atoms with Crippen molar-refractivity contribution in [3.05, 3.63) is 57.4 Å². The van der Waals surface area contributed by atoms with Crippen LogP contribution >= 0.6 is 22.6 Å². The van der Waals surface area contributed by atoms with Gasteiger partial charge >= 0.3 is 0 Å². The highest BCUT2D eigenvalue weighted by molar-refractivity contribution is 14.1. The lowest BCUT2D eigenvalue weighted by molar-refractivity contribution is -0.121. The lowest BCUT2D eigenvalue weighted by atomic mass is 9.96. The van der Waals surface area contributed by atoms with Gasteiger partial charge in [0, 0.05) is 3.57 Å². The summed E-state index contributed by atoms with van der Waals surface area (Å²) in [6.07, 6.45) is 0.653. The maximum Gasteiger partial charge on any atom is 0.231 e. The predicted octanol–water partition coefficient (Wildman–Crippen LogP) is 3.62. The fourth-order valence-corrected chi connectivity index (χ4v) is 2.93. The molecule has 21 heavy (non-hydrogen) atoms. The Balaban J connectivity index is 1.72. The molecule has 0 bridgehead atoms. The van der Waals surface area contributed by atoms with Crippen molar-refractivity contribution in [1.82, 2.24) is 0 Å². The van der Waals surface area contributed by atoms with E-state index >= 15 is 0 Å². The Morgan fingerprint density at radius 3 is 2.90 bits per heavy atom. The Labute approximate surface area is 135 Å². The molecule has 0 spiro atoms. The first kappa shape index (κ1) is 14.3. The maximum absolute atomic E-state index is 13.1. The van der Waals surface area contributed by atoms with Gasteiger partial charge in [0.05, 0.1) is 11.6 Å². The number of ether oxygens (including phenoxy) is 1. The van der Waals surface area contributed by atoms with Crippen LogP contribution in [0.15, 0.2) is 42.5 Å². The molecule has 3 rings (SSSR count). The predicted molar refractivity (Wildman–Crippen MR) is 86.9 cm³/mol. The molecule has 0 radical (unpaired) electrons. The summed E-state index contributed by atoms with van der Waals surface area (Å²) in [4.78, 5) is 12.3. The molecular formula is C16H13FINO2. The summed E-state index contributed by atoms with van der Waals surface area (Å²) in [5.41, 5.74) is 1.67. The van der Waals surface area contributed by atoms with Crippen LogP contribution in [0.5, 0.6) is 5.75 Å². The van der Waals surface area contributed by atoms with Crippen molar-refractivity contribution in [1.29, 1.82) is 0 Å². The van der Waals surface area contributed by atoms with Crippen molar-refractivity contribution < 1.29 is 13.9 Å². The second-order valence-electron chi connectivity index (χ2n) is 4.93. The molecule has 1 aliphatic heterocycles. The zero-order valence-electron chi connectivity index (χ0n) is 11.1. The fourth-order valence-electron chi connectivity index (χ4n) is 2.32. The van der Waals surface area contributed by atoms with Crippen LogP contribution < -0.4 is 10.1 Å². The van der Waals surface area contributed by atoms with E-state index in [0.717, 1.165) is 11.3 Å². The molecule has 1 heterocycles. The van der Waals surface area contributed by atoms with Crippen LogP contribution in [0.3, 0.4) is 0 Å². The molecule has 2 aromatic carbocycles. The minimum Gasteiger partial charge on any atom is -0.492 e. The highest BCUT2D eigenvalue weighted by Crippen LogP contribution is 2.28. The lowest BCUT2D eigenvalue weighted by Crippen LogP contribution is -2.32. The number of anilines is 1. The first-order valence-electron chi connectivity index (χ1n) is 6.60. The molecule has 0 aromatic heterocycles. The highest BCUT2D eigenvalue weighted by atomic mass is 127. The zero-order chi connectivity index (χ0) is 14.8. The minimum absolute atomic E-state index is 0.103. The average molecular weight is 397 g/mol. The van der Waals surface area contributed by atoms with Crippen LogP contribution in [0.1, 0.15) is 5.56 Å². The van der Waals surface area contributed by atoms with Crippen molar-refractivity contribution in [3.63, 3.8) is 0 Å². The van der Waals surface area contributed by atoms with Crippen LogP contribution in [-0.4, -0.2) is 12.5 Å². The van der Waals surface area contributed by atoms with Crippen LogP contribution in [0.4, 0.5) is 10.1 Å². The number of halogens is 2. The summed E-state index contributed by atoms with van der Waals surface area (Å²) in [5, 5.41) is 2.84. The molecular weight excluding hydrogens is 384 g/mol. The average Bonchev–Trinajstić information content (AvgIpc) is 2.49. The molecule has 108 valence electrons. The molecule has 0 saturated carbocycles. The van der Waals surface area contributed by atoms with E-state index < -0.39 is 0 Å². The number of hydrogen-bond donors (Lipinski definition) is 1. The molecule has 3 nitrogen and oxygen atoms in total. The number of fused-ring (bicyclic) bond motifs is 1. The summed E-state index contributed by atoms with van der Waals surface area (Å²) in [6.45, 7) is 0.362. The fraction of sp³-hybridized carbons (Fsp3) is 0.188. The van der Waals surface area contributed by atoms with E-state index in [9.17, 15) is 9.18 Å². The smallest absolute Gasteiger partial charge is 0.231 e. The van der Waals surface area contributed by atoms with Gasteiger partial charge in [-0.2, -0.15) is 0 Å². The summed E-state index contributed by atoms with van der Waals surface area (Å²) in [5.74, 6) is 0.194. The Kier molecular flexibility index (Phi) is 4.10. The van der Waals surface area contributed by atoms with E-state index in [4.69, 9.17) is 4.74 Å². The number of hydrogen-bond acceptors (Lipinski definition) is 2. The van der Waals surface area contributed by atoms with E-state index in [1.54, 1.807) is 6.07 Å². The van der Waals surface area contributed by atoms with Crippen molar-refractivity contribution in [2.24, 2.45) is 5.92 Å². The number of benzene rings is 2. The minimum atomic E-state index is -0.313. The van der Waals surface area contributed by atoms with Crippen LogP contribution in [0, 0.1) is 15.3 Å². The Morgan fingerprint density at radius 2 is 2.10 bits per heavy atom. The standard InChI is InChI=1S/C16H13FINO2/c17-12-5-6-14(13(18)8-12)19-16(20)11-7-10-3-1-2-4-15(10)21-9-11/h1-6,8,11H,7,9H2,(H,19,20). The first-order valence-corrected chi connectivity index (χ1v) is 7.68. The molecule has 5 heteroatoms. The lowest BCUT2D eigenvalue weighted by Gasteiger charge is -2.24. The molecule has 1 amide bonds. The summed E-state index contributed by atoms with van der Waals surface area (Å²) in [6, 6.07) is 12.0. The summed E-state index contributed by atoms with van der Waals surface area (Å²) in [7, 11) is 0. The van der Waals surface area contributed by atoms with Gasteiger partial charge in [0.25, 0.3) is 0 Å². The Bertz CT molecular complexity index is 690. The van der Waals surface area contributed by atoms with Crippen molar-refractivity contribution in [2.45, 2.75) is 6.42 Å². The van der Waals surface area contributed by atoms with Gasteiger partial charge in [0.2, 0.25) is 5.91 Å². The topological polar surface area (TPSA) is 38.3 Å². The third-order valence-corrected chi connectivity index (χ3v) is 4.33. The van der Waals surface area contributed by atoms with Crippen LogP contribution in [0.2, 0.25) is 0 Å². The Hall–Kier alpha value is -1.63. The van der Waals surface area contributed by atoms with E-state index in [0.29, 0.717) is 22.3 Å². The van der Waals surface area contributed by atoms with Gasteiger partial charge in [0.15, 0.2) is 0 Å². The van der Waals surface area contributed by atoms with E-state index in [1.807, 2.05) is 46.9 Å². The normalized spacial score (nSPS) is 16.8. The summed E-state index contributed by atoms with van der Waals surface area (Å²) >= 11 is 2.00. The number of carbonyl (C=O) groups excluding carboxylic acids is 1. The maximum atomic E-state index is 13.1. The Morgan fingerprint density at radius 1 is 1.29 bits per heavy atom. The largest absolute Gasteiger partial charge is 0.492 e. The van der Waals surface area contributed by atoms with Gasteiger partial charge in [-0.3, -0.25) is 4.79 Å². The van der Waals surface area contributed by atoms with E-state index in [2.05, 4.69) is 5.32 Å². The van der Waals surface area contributed by atoms with Gasteiger partial charge in [-0.15, -0.1) is 0 Å². The second kappa shape index (κ2) is 6.01. The second-order valence-corrected chi connectivity index (χ2v) is 6.10. The van der Waals surface area contributed by atoms with Gasteiger partial charge in [0.1, 0.15) is 18.2 Å². The number of nitrogens with one attached hydrogen (secondary N) is 1. The van der Waals surface area contributed by atoms with Gasteiger partial charge in [-0.1, -0.05) is 18.2 Å². The first-order chi connectivity index (χ1) is 10.1. The quantitative estimate of drug-likeness (QED) is 0.787. The van der Waals surface area contributed by atoms with Gasteiger partial charge < -0.3 is 10.1 Å². The molecule has 2 aromatic rings.